The Morgan fingerprint density at radius 2 is 1.62 bits per heavy atom. The lowest BCUT2D eigenvalue weighted by atomic mass is 8.94. The van der Waals surface area contributed by atoms with Crippen LogP contribution in [0, 0.1) is 0 Å². The van der Waals surface area contributed by atoms with Gasteiger partial charge in [-0.15, -0.1) is 0 Å². The topological polar surface area (TPSA) is 0 Å². The van der Waals surface area contributed by atoms with Crippen LogP contribution in [-0.2, 0) is 0 Å². The van der Waals surface area contributed by atoms with Gasteiger partial charge in [-0.25, -0.2) is 0 Å². The summed E-state index contributed by atoms with van der Waals surface area (Å²) in [5.74, 6) is 0. The second kappa shape index (κ2) is 2.84. The van der Waals surface area contributed by atoms with Crippen molar-refractivity contribution in [2.45, 2.75) is 5.01 Å². The van der Waals surface area contributed by atoms with Gasteiger partial charge in [0.2, 0.25) is 0 Å². The highest BCUT2D eigenvalue weighted by molar-refractivity contribution is 7.39. The molecule has 0 spiro atoms. The van der Waals surface area contributed by atoms with Gasteiger partial charge < -0.3 is 0 Å². The van der Waals surface area contributed by atoms with E-state index in [4.69, 9.17) is 38.9 Å². The van der Waals surface area contributed by atoms with Crippen LogP contribution < -0.4 is 0 Å². The number of rotatable bonds is 2. The normalized spacial score (nSPS) is 10.5. The Morgan fingerprint density at radius 3 is 1.62 bits per heavy atom. The lowest BCUT2D eigenvalue weighted by molar-refractivity contribution is 1.67. The van der Waals surface area contributed by atoms with Crippen molar-refractivity contribution in [2.75, 3.05) is 0 Å². The van der Waals surface area contributed by atoms with E-state index in [1.54, 1.807) is 0 Å². The molecule has 0 nitrogen and oxygen atoms in total. The van der Waals surface area contributed by atoms with Crippen molar-refractivity contribution >= 4 is 52.6 Å². The molecule has 8 heavy (non-hydrogen) atoms. The Hall–Kier alpha value is 0.455. The maximum Gasteiger partial charge on any atom is 0.0410 e. The predicted molar refractivity (Wildman–Crippen MR) is 43.0 cm³/mol. The largest absolute Gasteiger partial charge is 0.166 e. The summed E-state index contributed by atoms with van der Waals surface area (Å²) in [6.45, 7) is -0.813. The molecule has 0 aromatic heterocycles. The van der Waals surface area contributed by atoms with E-state index in [2.05, 4.69) is 0 Å². The van der Waals surface area contributed by atoms with Gasteiger partial charge in [-0.2, -0.15) is 5.01 Å². The van der Waals surface area contributed by atoms with Crippen molar-refractivity contribution in [3.8, 4) is 0 Å². The maximum atomic E-state index is 5.21. The van der Waals surface area contributed by atoms with E-state index in [1.165, 1.54) is 0 Å². The zero-order valence-corrected chi connectivity index (χ0v) is 4.54. The van der Waals surface area contributed by atoms with Gasteiger partial charge in [0.05, 0.1) is 0 Å². The third-order valence-corrected chi connectivity index (χ3v) is 0.866. The standard InChI is InChI=1S/CB7/c2-1(3,7-4)8(5)6. The van der Waals surface area contributed by atoms with E-state index < -0.39 is 11.5 Å². The zero-order chi connectivity index (χ0) is 6.78. The van der Waals surface area contributed by atoms with Crippen molar-refractivity contribution in [2.24, 2.45) is 0 Å². The fourth-order valence-electron chi connectivity index (χ4n) is 0.111. The van der Waals surface area contributed by atoms with E-state index >= 15 is 0 Å². The van der Waals surface area contributed by atoms with E-state index in [0.29, 0.717) is 0 Å². The lowest BCUT2D eigenvalue weighted by Gasteiger charge is -2.27. The smallest absolute Gasteiger partial charge is 0.0410 e. The second-order valence-corrected chi connectivity index (χ2v) is 1.69. The van der Waals surface area contributed by atoms with Crippen molar-refractivity contribution in [1.29, 1.82) is 0 Å². The molecule has 25 valence electrons. The highest BCUT2D eigenvalue weighted by Crippen LogP contribution is 2.10. The van der Waals surface area contributed by atoms with Gasteiger partial charge in [-0.1, -0.05) is 0 Å². The predicted octanol–water partition coefficient (Wildman–Crippen LogP) is -2.45. The van der Waals surface area contributed by atoms with Crippen LogP contribution in [0.25, 0.3) is 0 Å². The van der Waals surface area contributed by atoms with Crippen LogP contribution in [0.2, 0.25) is 5.01 Å². The molecule has 0 amide bonds. The molecule has 0 rings (SSSR count). The average Bonchev–Trinajstić information content (AvgIpc) is 1.67. The summed E-state index contributed by atoms with van der Waals surface area (Å²) in [7, 11) is 26.6. The number of hydrogen-bond acceptors (Lipinski definition) is 0. The summed E-state index contributed by atoms with van der Waals surface area (Å²) in [6, 6.07) is 0. The first-order valence-corrected chi connectivity index (χ1v) is 2.15. The van der Waals surface area contributed by atoms with Gasteiger partial charge in [0.15, 0.2) is 0 Å². The molecule has 0 N–H and O–H groups in total. The van der Waals surface area contributed by atoms with Crippen LogP contribution in [0.3, 0.4) is 0 Å². The summed E-state index contributed by atoms with van der Waals surface area (Å²) in [5.41, 5.74) is 0. The molecule has 0 aromatic rings. The van der Waals surface area contributed by atoms with E-state index in [0.717, 1.165) is 7.17 Å². The molecular weight excluding hydrogens is 87.7 g/mol. The van der Waals surface area contributed by atoms with Crippen LogP contribution in [-0.4, -0.2) is 52.6 Å². The van der Waals surface area contributed by atoms with Gasteiger partial charge in [-0.3, -0.25) is 0 Å². The zero-order valence-electron chi connectivity index (χ0n) is 4.54. The second-order valence-electron chi connectivity index (χ2n) is 1.69. The Labute approximate surface area is 58.3 Å². The summed E-state index contributed by atoms with van der Waals surface area (Å²) in [5, 5.41) is -1.25. The molecule has 0 saturated heterocycles. The van der Waals surface area contributed by atoms with E-state index in [-0.39, 0.29) is 0 Å². The van der Waals surface area contributed by atoms with Gasteiger partial charge >= 0.3 is 0 Å². The van der Waals surface area contributed by atoms with Gasteiger partial charge in [0, 0.05) is 52.6 Å². The van der Waals surface area contributed by atoms with Crippen LogP contribution >= 0.6 is 0 Å². The van der Waals surface area contributed by atoms with Gasteiger partial charge in [0.25, 0.3) is 0 Å². The molecule has 0 atom stereocenters. The molecule has 0 heterocycles. The van der Waals surface area contributed by atoms with Crippen molar-refractivity contribution in [3.05, 3.63) is 0 Å². The third kappa shape index (κ3) is 2.15. The molecule has 0 unspecified atom stereocenters. The summed E-state index contributed by atoms with van der Waals surface area (Å²) in [6.07, 6.45) is 0. The first kappa shape index (κ1) is 8.45. The third-order valence-electron chi connectivity index (χ3n) is 0.866. The highest BCUT2D eigenvalue weighted by atomic mass is 13.6. The molecule has 0 aromatic carbocycles. The fourth-order valence-corrected chi connectivity index (χ4v) is 0.111. The van der Waals surface area contributed by atoms with Crippen molar-refractivity contribution in [1.82, 2.24) is 0 Å². The quantitative estimate of drug-likeness (QED) is 0.328. The molecule has 0 saturated carbocycles. The van der Waals surface area contributed by atoms with Crippen molar-refractivity contribution < 1.29 is 0 Å². The van der Waals surface area contributed by atoms with Crippen LogP contribution in [0.15, 0.2) is 0 Å². The molecule has 11 radical (unpaired) electrons. The van der Waals surface area contributed by atoms with Gasteiger partial charge in [-0.05, 0) is 0 Å². The monoisotopic (exact) mass is 89.1 g/mol. The first-order chi connectivity index (χ1) is 3.50. The van der Waals surface area contributed by atoms with Crippen LogP contribution in [0.4, 0.5) is 0 Å². The Morgan fingerprint density at radius 1 is 1.25 bits per heavy atom. The highest BCUT2D eigenvalue weighted by Gasteiger charge is 2.18. The molecule has 0 bridgehead atoms. The Balaban J connectivity index is 3.71. The molecule has 0 aliphatic rings. The van der Waals surface area contributed by atoms with Gasteiger partial charge in [0.1, 0.15) is 0 Å². The molecule has 0 aliphatic carbocycles. The minimum Gasteiger partial charge on any atom is -0.166 e. The summed E-state index contributed by atoms with van der Waals surface area (Å²) in [4.78, 5) is 0. The molecule has 0 fully saturated rings. The first-order valence-electron chi connectivity index (χ1n) is 2.15. The average molecular weight is 87.7 g/mol. The molecular formula is CB7. The molecule has 0 aliphatic heterocycles. The molecule has 7 heteroatoms. The van der Waals surface area contributed by atoms with Crippen LogP contribution in [0.1, 0.15) is 0 Å². The minimum absolute atomic E-state index is 0.813. The summed E-state index contributed by atoms with van der Waals surface area (Å²) < 4.78 is 0. The SMILES string of the molecule is [B][B]C([B])([B])B([B])[B]. The summed E-state index contributed by atoms with van der Waals surface area (Å²) >= 11 is 0. The lowest BCUT2D eigenvalue weighted by Crippen LogP contribution is -2.40. The van der Waals surface area contributed by atoms with Crippen LogP contribution in [0.5, 0.6) is 0 Å². The van der Waals surface area contributed by atoms with Crippen molar-refractivity contribution in [3.63, 3.8) is 0 Å². The van der Waals surface area contributed by atoms with E-state index in [9.17, 15) is 0 Å². The Bertz CT molecular complexity index is 64.8. The fraction of sp³-hybridized carbons (Fsp3) is 1.00. The number of hydrogen-bond donors (Lipinski definition) is 0. The maximum absolute atomic E-state index is 5.21. The van der Waals surface area contributed by atoms with E-state index in [1.807, 2.05) is 0 Å². The Kier molecular flexibility index (Phi) is 3.00. The minimum atomic E-state index is -1.25.